The normalized spacial score (nSPS) is 20.1. The van der Waals surface area contributed by atoms with E-state index in [1.165, 1.54) is 6.20 Å². The van der Waals surface area contributed by atoms with Gasteiger partial charge in [0.15, 0.2) is 0 Å². The first kappa shape index (κ1) is 16.1. The molecule has 0 spiro atoms. The van der Waals surface area contributed by atoms with Crippen LogP contribution in [0.3, 0.4) is 0 Å². The van der Waals surface area contributed by atoms with Crippen molar-refractivity contribution in [1.29, 1.82) is 0 Å². The minimum Gasteiger partial charge on any atom is -0.380 e. The summed E-state index contributed by atoms with van der Waals surface area (Å²) in [6, 6.07) is 0.122. The Bertz CT molecular complexity index is 538. The zero-order valence-electron chi connectivity index (χ0n) is 11.2. The summed E-state index contributed by atoms with van der Waals surface area (Å²) in [5.41, 5.74) is -0.655. The minimum atomic E-state index is -4.51. The molecule has 1 atom stereocenters. The molecule has 2 heterocycles. The van der Waals surface area contributed by atoms with Gasteiger partial charge in [0.25, 0.3) is 5.56 Å². The molecule has 0 aromatic carbocycles. The Hall–Kier alpha value is -1.28. The van der Waals surface area contributed by atoms with Gasteiger partial charge in [0.1, 0.15) is 11.6 Å². The number of nitrogens with zero attached hydrogens (tertiary/aromatic N) is 2. The van der Waals surface area contributed by atoms with Crippen LogP contribution in [0.4, 0.5) is 18.9 Å². The number of aromatic nitrogens is 2. The van der Waals surface area contributed by atoms with E-state index in [1.807, 2.05) is 0 Å². The van der Waals surface area contributed by atoms with Gasteiger partial charge in [-0.3, -0.25) is 4.79 Å². The molecule has 1 saturated heterocycles. The van der Waals surface area contributed by atoms with Crippen LogP contribution in [0.15, 0.2) is 11.0 Å². The second-order valence-electron chi connectivity index (χ2n) is 4.97. The minimum absolute atomic E-state index is 0.122. The third-order valence-electron chi connectivity index (χ3n) is 3.25. The quantitative estimate of drug-likeness (QED) is 0.893. The molecule has 0 amide bonds. The molecule has 1 aromatic heterocycles. The first-order chi connectivity index (χ1) is 9.87. The van der Waals surface area contributed by atoms with E-state index in [0.29, 0.717) is 4.68 Å². The van der Waals surface area contributed by atoms with Crippen LogP contribution in [0.1, 0.15) is 19.3 Å². The van der Waals surface area contributed by atoms with Gasteiger partial charge in [-0.2, -0.15) is 18.3 Å². The summed E-state index contributed by atoms with van der Waals surface area (Å²) in [5, 5.41) is 9.61. The second kappa shape index (κ2) is 6.65. The Balaban J connectivity index is 2.14. The molecule has 1 fully saturated rings. The summed E-state index contributed by atoms with van der Waals surface area (Å²) in [7, 11) is 0. The molecule has 118 valence electrons. The lowest BCUT2D eigenvalue weighted by Gasteiger charge is -2.18. The van der Waals surface area contributed by atoms with Gasteiger partial charge in [-0.1, -0.05) is 11.6 Å². The Morgan fingerprint density at radius 1 is 1.43 bits per heavy atom. The fraction of sp³-hybridized carbons (Fsp3) is 0.667. The third-order valence-corrected chi connectivity index (χ3v) is 3.61. The predicted octanol–water partition coefficient (Wildman–Crippen LogP) is 2.01. The Morgan fingerprint density at radius 2 is 2.19 bits per heavy atom. The van der Waals surface area contributed by atoms with Crippen LogP contribution in [0.5, 0.6) is 0 Å². The molecule has 5 nitrogen and oxygen atoms in total. The molecule has 1 aromatic rings. The van der Waals surface area contributed by atoms with Gasteiger partial charge in [-0.25, -0.2) is 4.68 Å². The SMILES string of the molecule is O=c1c(Cl)c(NC2CCCNCC2)cnn1CC(F)(F)F. The molecule has 9 heteroatoms. The largest absolute Gasteiger partial charge is 0.408 e. The van der Waals surface area contributed by atoms with E-state index in [2.05, 4.69) is 15.7 Å². The zero-order valence-corrected chi connectivity index (χ0v) is 12.0. The van der Waals surface area contributed by atoms with Crippen molar-refractivity contribution in [2.45, 2.75) is 38.0 Å². The predicted molar refractivity (Wildman–Crippen MR) is 73.7 cm³/mol. The number of hydrogen-bond acceptors (Lipinski definition) is 4. The van der Waals surface area contributed by atoms with E-state index in [-0.39, 0.29) is 16.8 Å². The number of anilines is 1. The molecule has 0 aliphatic carbocycles. The van der Waals surface area contributed by atoms with Gasteiger partial charge in [-0.05, 0) is 32.4 Å². The van der Waals surface area contributed by atoms with Crippen molar-refractivity contribution in [2.24, 2.45) is 0 Å². The summed E-state index contributed by atoms with van der Waals surface area (Å²) < 4.78 is 37.2. The van der Waals surface area contributed by atoms with Gasteiger partial charge in [0.05, 0.1) is 11.9 Å². The lowest BCUT2D eigenvalue weighted by Crippen LogP contribution is -2.31. The molecular formula is C12H16ClF3N4O. The van der Waals surface area contributed by atoms with Crippen LogP contribution in [0.25, 0.3) is 0 Å². The highest BCUT2D eigenvalue weighted by Crippen LogP contribution is 2.21. The zero-order chi connectivity index (χ0) is 15.5. The highest BCUT2D eigenvalue weighted by Gasteiger charge is 2.30. The van der Waals surface area contributed by atoms with Crippen molar-refractivity contribution in [3.63, 3.8) is 0 Å². The summed E-state index contributed by atoms with van der Waals surface area (Å²) in [6.45, 7) is 0.324. The maximum Gasteiger partial charge on any atom is 0.408 e. The maximum atomic E-state index is 12.3. The topological polar surface area (TPSA) is 59.0 Å². The second-order valence-corrected chi connectivity index (χ2v) is 5.35. The molecule has 0 saturated carbocycles. The van der Waals surface area contributed by atoms with Gasteiger partial charge >= 0.3 is 6.18 Å². The summed E-state index contributed by atoms with van der Waals surface area (Å²) in [5.74, 6) is 0. The van der Waals surface area contributed by atoms with Crippen LogP contribution in [0, 0.1) is 0 Å². The van der Waals surface area contributed by atoms with Gasteiger partial charge in [-0.15, -0.1) is 0 Å². The molecule has 21 heavy (non-hydrogen) atoms. The summed E-state index contributed by atoms with van der Waals surface area (Å²) in [4.78, 5) is 11.8. The molecule has 1 unspecified atom stereocenters. The smallest absolute Gasteiger partial charge is 0.380 e. The summed E-state index contributed by atoms with van der Waals surface area (Å²) >= 11 is 5.87. The van der Waals surface area contributed by atoms with E-state index in [4.69, 9.17) is 11.6 Å². The molecule has 2 N–H and O–H groups in total. The number of rotatable bonds is 3. The molecular weight excluding hydrogens is 309 g/mol. The number of alkyl halides is 3. The van der Waals surface area contributed by atoms with Crippen molar-refractivity contribution in [3.8, 4) is 0 Å². The molecule has 1 aliphatic rings. The summed E-state index contributed by atoms with van der Waals surface area (Å²) in [6.07, 6.45) is -0.610. The number of hydrogen-bond donors (Lipinski definition) is 2. The van der Waals surface area contributed by atoms with Crippen LogP contribution < -0.4 is 16.2 Å². The maximum absolute atomic E-state index is 12.3. The Labute approximate surface area is 124 Å². The lowest BCUT2D eigenvalue weighted by atomic mass is 10.1. The van der Waals surface area contributed by atoms with Crippen LogP contribution in [-0.4, -0.2) is 35.1 Å². The average Bonchev–Trinajstić information content (AvgIpc) is 2.66. The van der Waals surface area contributed by atoms with Crippen LogP contribution in [0.2, 0.25) is 5.02 Å². The molecule has 0 bridgehead atoms. The van der Waals surface area contributed by atoms with Crippen LogP contribution in [-0.2, 0) is 6.54 Å². The van der Waals surface area contributed by atoms with E-state index >= 15 is 0 Å². The molecule has 0 radical (unpaired) electrons. The monoisotopic (exact) mass is 324 g/mol. The highest BCUT2D eigenvalue weighted by atomic mass is 35.5. The van der Waals surface area contributed by atoms with E-state index in [0.717, 1.165) is 32.4 Å². The Kier molecular flexibility index (Phi) is 5.10. The number of halogens is 4. The fourth-order valence-electron chi connectivity index (χ4n) is 2.23. The van der Waals surface area contributed by atoms with Gasteiger partial charge in [0.2, 0.25) is 0 Å². The fourth-order valence-corrected chi connectivity index (χ4v) is 2.43. The van der Waals surface area contributed by atoms with Crippen LogP contribution >= 0.6 is 11.6 Å². The van der Waals surface area contributed by atoms with E-state index in [1.54, 1.807) is 0 Å². The van der Waals surface area contributed by atoms with Crippen molar-refractivity contribution in [2.75, 3.05) is 18.4 Å². The van der Waals surface area contributed by atoms with Gasteiger partial charge in [0, 0.05) is 6.04 Å². The Morgan fingerprint density at radius 3 is 2.90 bits per heavy atom. The lowest BCUT2D eigenvalue weighted by molar-refractivity contribution is -0.143. The molecule has 2 rings (SSSR count). The van der Waals surface area contributed by atoms with E-state index in [9.17, 15) is 18.0 Å². The van der Waals surface area contributed by atoms with Crippen molar-refractivity contribution < 1.29 is 13.2 Å². The number of nitrogens with one attached hydrogen (secondary N) is 2. The van der Waals surface area contributed by atoms with E-state index < -0.39 is 18.3 Å². The molecule has 1 aliphatic heterocycles. The standard InChI is InChI=1S/C12H16ClF3N4O/c13-10-9(19-8-2-1-4-17-5-3-8)6-18-20(11(10)21)7-12(14,15)16/h6,8,17,19H,1-5,7H2. The van der Waals surface area contributed by atoms with Crippen molar-refractivity contribution in [1.82, 2.24) is 15.1 Å². The average molecular weight is 325 g/mol. The third kappa shape index (κ3) is 4.60. The van der Waals surface area contributed by atoms with Gasteiger partial charge < -0.3 is 10.6 Å². The first-order valence-electron chi connectivity index (χ1n) is 6.66. The van der Waals surface area contributed by atoms with Crippen molar-refractivity contribution in [3.05, 3.63) is 21.6 Å². The highest BCUT2D eigenvalue weighted by molar-refractivity contribution is 6.32. The first-order valence-corrected chi connectivity index (χ1v) is 7.04. The van der Waals surface area contributed by atoms with Crippen molar-refractivity contribution >= 4 is 17.3 Å².